The van der Waals surface area contributed by atoms with Crippen LogP contribution in [0.25, 0.3) is 0 Å². The molecule has 3 nitrogen and oxygen atoms in total. The molecule has 3 heteroatoms. The van der Waals surface area contributed by atoms with Crippen LogP contribution >= 0.6 is 0 Å². The summed E-state index contributed by atoms with van der Waals surface area (Å²) in [6.07, 6.45) is 5.63. The van der Waals surface area contributed by atoms with Crippen molar-refractivity contribution in [2.75, 3.05) is 18.0 Å². The van der Waals surface area contributed by atoms with E-state index < -0.39 is 0 Å². The van der Waals surface area contributed by atoms with Gasteiger partial charge < -0.3 is 10.0 Å². The predicted molar refractivity (Wildman–Crippen MR) is 65.4 cm³/mol. The molecule has 1 aromatic rings. The van der Waals surface area contributed by atoms with Crippen LogP contribution in [0.4, 0.5) is 5.82 Å². The molecule has 0 amide bonds. The van der Waals surface area contributed by atoms with Crippen molar-refractivity contribution in [3.05, 3.63) is 23.9 Å². The summed E-state index contributed by atoms with van der Waals surface area (Å²) < 4.78 is 0. The molecule has 0 aromatic carbocycles. The van der Waals surface area contributed by atoms with Gasteiger partial charge in [0.15, 0.2) is 0 Å². The minimum absolute atomic E-state index is 0.0978. The van der Waals surface area contributed by atoms with Crippen LogP contribution in [0.1, 0.15) is 31.7 Å². The topological polar surface area (TPSA) is 36.4 Å². The SMILES string of the molecule is CCC1CCCN(c2cc(CO)ccn2)C1. The fourth-order valence-electron chi connectivity index (χ4n) is 2.34. The highest BCUT2D eigenvalue weighted by Crippen LogP contribution is 2.23. The van der Waals surface area contributed by atoms with Crippen molar-refractivity contribution in [2.45, 2.75) is 32.8 Å². The van der Waals surface area contributed by atoms with Gasteiger partial charge in [-0.15, -0.1) is 0 Å². The molecule has 1 aliphatic rings. The average molecular weight is 220 g/mol. The Hall–Kier alpha value is -1.09. The Morgan fingerprint density at radius 3 is 3.19 bits per heavy atom. The highest BCUT2D eigenvalue weighted by atomic mass is 16.3. The van der Waals surface area contributed by atoms with Gasteiger partial charge in [-0.1, -0.05) is 13.3 Å². The number of hydrogen-bond acceptors (Lipinski definition) is 3. The van der Waals surface area contributed by atoms with Crippen molar-refractivity contribution >= 4 is 5.82 Å². The number of pyridine rings is 1. The zero-order chi connectivity index (χ0) is 11.4. The molecule has 0 bridgehead atoms. The third kappa shape index (κ3) is 2.53. The molecule has 1 N–H and O–H groups in total. The van der Waals surface area contributed by atoms with Crippen LogP contribution in [0, 0.1) is 5.92 Å². The van der Waals surface area contributed by atoms with E-state index in [-0.39, 0.29) is 6.61 Å². The average Bonchev–Trinajstić information content (AvgIpc) is 2.39. The Balaban J connectivity index is 2.10. The van der Waals surface area contributed by atoms with E-state index in [9.17, 15) is 0 Å². The van der Waals surface area contributed by atoms with Crippen molar-refractivity contribution in [1.82, 2.24) is 4.98 Å². The van der Waals surface area contributed by atoms with E-state index in [1.54, 1.807) is 6.20 Å². The molecule has 1 atom stereocenters. The zero-order valence-electron chi connectivity index (χ0n) is 9.89. The number of nitrogens with zero attached hydrogens (tertiary/aromatic N) is 2. The second-order valence-corrected chi connectivity index (χ2v) is 4.54. The summed E-state index contributed by atoms with van der Waals surface area (Å²) in [7, 11) is 0. The van der Waals surface area contributed by atoms with Gasteiger partial charge in [-0.25, -0.2) is 4.98 Å². The van der Waals surface area contributed by atoms with E-state index in [0.717, 1.165) is 30.4 Å². The highest BCUT2D eigenvalue weighted by molar-refractivity contribution is 5.41. The van der Waals surface area contributed by atoms with Crippen molar-refractivity contribution in [3.8, 4) is 0 Å². The van der Waals surface area contributed by atoms with Gasteiger partial charge in [0.25, 0.3) is 0 Å². The Bertz CT molecular complexity index is 340. The minimum atomic E-state index is 0.0978. The van der Waals surface area contributed by atoms with E-state index in [1.165, 1.54) is 19.3 Å². The summed E-state index contributed by atoms with van der Waals surface area (Å²) >= 11 is 0. The number of aromatic nitrogens is 1. The molecule has 1 aromatic heterocycles. The van der Waals surface area contributed by atoms with Crippen LogP contribution in [0.2, 0.25) is 0 Å². The van der Waals surface area contributed by atoms with E-state index in [4.69, 9.17) is 5.11 Å². The first-order valence-corrected chi connectivity index (χ1v) is 6.14. The summed E-state index contributed by atoms with van der Waals surface area (Å²) in [5, 5.41) is 9.11. The lowest BCUT2D eigenvalue weighted by Gasteiger charge is -2.33. The molecule has 1 fully saturated rings. The van der Waals surface area contributed by atoms with E-state index in [1.807, 2.05) is 12.1 Å². The van der Waals surface area contributed by atoms with Crippen LogP contribution in [0.3, 0.4) is 0 Å². The highest BCUT2D eigenvalue weighted by Gasteiger charge is 2.19. The Labute approximate surface area is 97.1 Å². The first kappa shape index (κ1) is 11.4. The summed E-state index contributed by atoms with van der Waals surface area (Å²) in [4.78, 5) is 6.74. The monoisotopic (exact) mass is 220 g/mol. The predicted octanol–water partition coefficient (Wildman–Crippen LogP) is 2.20. The van der Waals surface area contributed by atoms with Crippen molar-refractivity contribution in [1.29, 1.82) is 0 Å². The van der Waals surface area contributed by atoms with Crippen LogP contribution in [-0.4, -0.2) is 23.2 Å². The molecule has 1 saturated heterocycles. The minimum Gasteiger partial charge on any atom is -0.392 e. The van der Waals surface area contributed by atoms with Gasteiger partial charge in [0.2, 0.25) is 0 Å². The second-order valence-electron chi connectivity index (χ2n) is 4.54. The van der Waals surface area contributed by atoms with Gasteiger partial charge in [0.1, 0.15) is 5.82 Å². The van der Waals surface area contributed by atoms with Crippen LogP contribution in [-0.2, 0) is 6.61 Å². The maximum atomic E-state index is 9.11. The van der Waals surface area contributed by atoms with E-state index in [2.05, 4.69) is 16.8 Å². The molecule has 2 rings (SSSR count). The number of aliphatic hydroxyl groups excluding tert-OH is 1. The first-order chi connectivity index (χ1) is 7.83. The lowest BCUT2D eigenvalue weighted by atomic mass is 9.95. The molecular weight excluding hydrogens is 200 g/mol. The largest absolute Gasteiger partial charge is 0.392 e. The number of anilines is 1. The normalized spacial score (nSPS) is 21.1. The van der Waals surface area contributed by atoms with Gasteiger partial charge >= 0.3 is 0 Å². The zero-order valence-corrected chi connectivity index (χ0v) is 9.89. The Morgan fingerprint density at radius 1 is 1.56 bits per heavy atom. The van der Waals surface area contributed by atoms with Gasteiger partial charge in [-0.2, -0.15) is 0 Å². The molecule has 0 aliphatic carbocycles. The molecule has 1 aliphatic heterocycles. The number of aliphatic hydroxyl groups is 1. The Kier molecular flexibility index (Phi) is 3.78. The van der Waals surface area contributed by atoms with Gasteiger partial charge in [-0.05, 0) is 36.5 Å². The standard InChI is InChI=1S/C13H20N2O/c1-2-11-4-3-7-15(9-11)13-8-12(10-16)5-6-14-13/h5-6,8,11,16H,2-4,7,9-10H2,1H3. The maximum Gasteiger partial charge on any atom is 0.128 e. The quantitative estimate of drug-likeness (QED) is 0.848. The molecular formula is C13H20N2O. The van der Waals surface area contributed by atoms with E-state index >= 15 is 0 Å². The van der Waals surface area contributed by atoms with Gasteiger partial charge in [0.05, 0.1) is 6.61 Å². The van der Waals surface area contributed by atoms with Crippen LogP contribution in [0.5, 0.6) is 0 Å². The molecule has 2 heterocycles. The van der Waals surface area contributed by atoms with E-state index in [0.29, 0.717) is 0 Å². The van der Waals surface area contributed by atoms with Crippen LogP contribution in [0.15, 0.2) is 18.3 Å². The van der Waals surface area contributed by atoms with Crippen LogP contribution < -0.4 is 4.90 Å². The second kappa shape index (κ2) is 5.30. The molecule has 88 valence electrons. The van der Waals surface area contributed by atoms with Gasteiger partial charge in [0, 0.05) is 19.3 Å². The number of hydrogen-bond donors (Lipinski definition) is 1. The number of piperidine rings is 1. The molecule has 1 unspecified atom stereocenters. The van der Waals surface area contributed by atoms with Crippen molar-refractivity contribution in [3.63, 3.8) is 0 Å². The number of rotatable bonds is 3. The van der Waals surface area contributed by atoms with Gasteiger partial charge in [-0.3, -0.25) is 0 Å². The lowest BCUT2D eigenvalue weighted by Crippen LogP contribution is -2.35. The fraction of sp³-hybridized carbons (Fsp3) is 0.615. The summed E-state index contributed by atoms with van der Waals surface area (Å²) in [5.41, 5.74) is 0.948. The summed E-state index contributed by atoms with van der Waals surface area (Å²) in [5.74, 6) is 1.82. The fourth-order valence-corrected chi connectivity index (χ4v) is 2.34. The lowest BCUT2D eigenvalue weighted by molar-refractivity contribution is 0.281. The first-order valence-electron chi connectivity index (χ1n) is 6.14. The molecule has 0 spiro atoms. The molecule has 0 saturated carbocycles. The summed E-state index contributed by atoms with van der Waals surface area (Å²) in [6, 6.07) is 3.86. The van der Waals surface area contributed by atoms with Crippen molar-refractivity contribution < 1.29 is 5.11 Å². The smallest absolute Gasteiger partial charge is 0.128 e. The molecule has 0 radical (unpaired) electrons. The van der Waals surface area contributed by atoms with Crippen molar-refractivity contribution in [2.24, 2.45) is 5.92 Å². The Morgan fingerprint density at radius 2 is 2.44 bits per heavy atom. The third-order valence-corrected chi connectivity index (χ3v) is 3.41. The summed E-state index contributed by atoms with van der Waals surface area (Å²) in [6.45, 7) is 4.56. The molecule has 16 heavy (non-hydrogen) atoms. The maximum absolute atomic E-state index is 9.11. The third-order valence-electron chi connectivity index (χ3n) is 3.41.